The Balaban J connectivity index is 2.83. The van der Waals surface area contributed by atoms with Crippen LogP contribution in [0.25, 0.3) is 0 Å². The lowest BCUT2D eigenvalue weighted by Crippen LogP contribution is -2.37. The molecule has 0 saturated carbocycles. The van der Waals surface area contributed by atoms with Gasteiger partial charge in [0.15, 0.2) is 5.22 Å². The lowest BCUT2D eigenvalue weighted by molar-refractivity contribution is -0.112. The summed E-state index contributed by atoms with van der Waals surface area (Å²) >= 11 is 5.63. The number of nitrogens with zero attached hydrogens (tertiary/aromatic N) is 1. The van der Waals surface area contributed by atoms with E-state index in [9.17, 15) is 9.59 Å². The van der Waals surface area contributed by atoms with Gasteiger partial charge in [0.2, 0.25) is 0 Å². The van der Waals surface area contributed by atoms with Crippen LogP contribution >= 0.6 is 11.6 Å². The average Bonchev–Trinajstić information content (AvgIpc) is 2.63. The molecule has 1 aromatic heterocycles. The van der Waals surface area contributed by atoms with Crippen LogP contribution in [0.4, 0.5) is 4.79 Å². The summed E-state index contributed by atoms with van der Waals surface area (Å²) in [5, 5.41) is 0.162. The Labute approximate surface area is 111 Å². The first kappa shape index (κ1) is 14.6. The molecule has 1 heterocycles. The van der Waals surface area contributed by atoms with Crippen LogP contribution in [-0.2, 0) is 9.53 Å². The van der Waals surface area contributed by atoms with Crippen LogP contribution in [0.15, 0.2) is 16.5 Å². The van der Waals surface area contributed by atoms with Crippen LogP contribution in [0.1, 0.15) is 32.6 Å². The molecule has 0 aliphatic carbocycles. The van der Waals surface area contributed by atoms with Crippen LogP contribution in [-0.4, -0.2) is 29.9 Å². The first-order chi connectivity index (χ1) is 8.24. The Morgan fingerprint density at radius 1 is 1.50 bits per heavy atom. The number of carbonyl (C=O) groups excluding carboxylic acids is 2. The van der Waals surface area contributed by atoms with Gasteiger partial charge in [-0.25, -0.2) is 4.79 Å². The van der Waals surface area contributed by atoms with Gasteiger partial charge in [0.05, 0.1) is 0 Å². The quantitative estimate of drug-likeness (QED) is 0.794. The minimum atomic E-state index is -0.854. The summed E-state index contributed by atoms with van der Waals surface area (Å²) in [7, 11) is 1.46. The van der Waals surface area contributed by atoms with Gasteiger partial charge < -0.3 is 13.9 Å². The molecule has 1 unspecified atom stereocenters. The molecule has 0 aliphatic heterocycles. The van der Waals surface area contributed by atoms with Gasteiger partial charge >= 0.3 is 6.09 Å². The molecule has 0 spiro atoms. The summed E-state index contributed by atoms with van der Waals surface area (Å²) in [4.78, 5) is 24.0. The average molecular weight is 274 g/mol. The zero-order valence-electron chi connectivity index (χ0n) is 10.8. The number of amides is 1. The molecular weight excluding hydrogens is 258 g/mol. The molecule has 1 rings (SSSR count). The van der Waals surface area contributed by atoms with Gasteiger partial charge in [-0.05, 0) is 44.5 Å². The van der Waals surface area contributed by atoms with Crippen molar-refractivity contribution in [3.63, 3.8) is 0 Å². The van der Waals surface area contributed by atoms with E-state index in [1.807, 2.05) is 0 Å². The second-order valence-corrected chi connectivity index (χ2v) is 5.19. The summed E-state index contributed by atoms with van der Waals surface area (Å²) in [6.45, 7) is 5.25. The van der Waals surface area contributed by atoms with Crippen molar-refractivity contribution in [3.05, 3.63) is 23.1 Å². The number of likely N-dealkylation sites (N-methyl/N-ethyl adjacent to an activating group) is 1. The largest absolute Gasteiger partial charge is 0.447 e. The molecule has 0 saturated heterocycles. The molecule has 1 aromatic rings. The van der Waals surface area contributed by atoms with Gasteiger partial charge in [-0.1, -0.05) is 0 Å². The third-order valence-corrected chi connectivity index (χ3v) is 2.32. The van der Waals surface area contributed by atoms with Crippen LogP contribution in [0, 0.1) is 0 Å². The highest BCUT2D eigenvalue weighted by atomic mass is 35.5. The second kappa shape index (κ2) is 5.44. The summed E-state index contributed by atoms with van der Waals surface area (Å²) in [5.74, 6) is 0.295. The van der Waals surface area contributed by atoms with Crippen LogP contribution in [0.5, 0.6) is 0 Å². The maximum atomic E-state index is 11.8. The lowest BCUT2D eigenvalue weighted by atomic mass is 10.2. The van der Waals surface area contributed by atoms with Crippen molar-refractivity contribution in [2.45, 2.75) is 32.4 Å². The van der Waals surface area contributed by atoms with Crippen molar-refractivity contribution in [1.82, 2.24) is 4.90 Å². The Kier molecular flexibility index (Phi) is 4.40. The van der Waals surface area contributed by atoms with E-state index < -0.39 is 17.7 Å². The van der Waals surface area contributed by atoms with E-state index in [4.69, 9.17) is 20.8 Å². The molecule has 0 aliphatic rings. The fraction of sp³-hybridized carbons (Fsp3) is 0.500. The lowest BCUT2D eigenvalue weighted by Gasteiger charge is -2.27. The minimum Gasteiger partial charge on any atom is -0.447 e. The third-order valence-electron chi connectivity index (χ3n) is 2.11. The SMILES string of the molecule is CN(C(=O)OC(C)(C)C)C(C=O)c1ccc(Cl)o1. The van der Waals surface area contributed by atoms with Crippen molar-refractivity contribution in [2.75, 3.05) is 7.05 Å². The molecule has 0 N–H and O–H groups in total. The van der Waals surface area contributed by atoms with Crippen molar-refractivity contribution in [3.8, 4) is 0 Å². The van der Waals surface area contributed by atoms with E-state index in [0.717, 1.165) is 4.90 Å². The highest BCUT2D eigenvalue weighted by molar-refractivity contribution is 6.28. The van der Waals surface area contributed by atoms with Gasteiger partial charge in [-0.15, -0.1) is 0 Å². The van der Waals surface area contributed by atoms with Crippen LogP contribution in [0.2, 0.25) is 5.22 Å². The summed E-state index contributed by atoms with van der Waals surface area (Å²) in [6.07, 6.45) is -0.00820. The van der Waals surface area contributed by atoms with Crippen molar-refractivity contribution >= 4 is 24.0 Å². The van der Waals surface area contributed by atoms with E-state index in [0.29, 0.717) is 12.0 Å². The predicted octanol–water partition coefficient (Wildman–Crippen LogP) is 3.04. The molecule has 5 nitrogen and oxygen atoms in total. The molecule has 6 heteroatoms. The fourth-order valence-corrected chi connectivity index (χ4v) is 1.44. The monoisotopic (exact) mass is 273 g/mol. The highest BCUT2D eigenvalue weighted by Crippen LogP contribution is 2.24. The summed E-state index contributed by atoms with van der Waals surface area (Å²) in [5.41, 5.74) is -0.625. The molecular formula is C12H16ClNO4. The van der Waals surface area contributed by atoms with Gasteiger partial charge in [-0.3, -0.25) is 4.90 Å². The minimum absolute atomic E-state index is 0.162. The van der Waals surface area contributed by atoms with Crippen molar-refractivity contribution in [2.24, 2.45) is 0 Å². The smallest absolute Gasteiger partial charge is 0.411 e. The number of aldehydes is 1. The molecule has 1 amide bonds. The normalized spacial score (nSPS) is 12.9. The molecule has 0 bridgehead atoms. The van der Waals surface area contributed by atoms with E-state index in [2.05, 4.69) is 0 Å². The molecule has 0 fully saturated rings. The highest BCUT2D eigenvalue weighted by Gasteiger charge is 2.28. The zero-order valence-corrected chi connectivity index (χ0v) is 11.5. The number of rotatable bonds is 3. The Bertz CT molecular complexity index is 436. The van der Waals surface area contributed by atoms with E-state index in [1.165, 1.54) is 13.1 Å². The summed E-state index contributed by atoms with van der Waals surface area (Å²) in [6, 6.07) is 2.20. The third kappa shape index (κ3) is 3.77. The Morgan fingerprint density at radius 2 is 2.11 bits per heavy atom. The topological polar surface area (TPSA) is 59.8 Å². The van der Waals surface area contributed by atoms with E-state index in [-0.39, 0.29) is 5.22 Å². The predicted molar refractivity (Wildman–Crippen MR) is 66.5 cm³/mol. The van der Waals surface area contributed by atoms with E-state index >= 15 is 0 Å². The standard InChI is InChI=1S/C12H16ClNO4/c1-12(2,3)18-11(16)14(4)8(7-15)9-5-6-10(13)17-9/h5-8H,1-4H3. The molecule has 0 radical (unpaired) electrons. The number of carbonyl (C=O) groups is 2. The van der Waals surface area contributed by atoms with Gasteiger partial charge in [0.1, 0.15) is 23.7 Å². The molecule has 100 valence electrons. The van der Waals surface area contributed by atoms with Gasteiger partial charge in [0, 0.05) is 7.05 Å². The first-order valence-electron chi connectivity index (χ1n) is 5.41. The molecule has 0 aromatic carbocycles. The number of halogens is 1. The molecule has 18 heavy (non-hydrogen) atoms. The van der Waals surface area contributed by atoms with Crippen LogP contribution in [0.3, 0.4) is 0 Å². The van der Waals surface area contributed by atoms with Gasteiger partial charge in [0.25, 0.3) is 0 Å². The Hall–Kier alpha value is -1.49. The molecule has 1 atom stereocenters. The van der Waals surface area contributed by atoms with E-state index in [1.54, 1.807) is 26.8 Å². The maximum absolute atomic E-state index is 11.8. The summed E-state index contributed by atoms with van der Waals surface area (Å²) < 4.78 is 10.3. The Morgan fingerprint density at radius 3 is 2.50 bits per heavy atom. The second-order valence-electron chi connectivity index (χ2n) is 4.81. The van der Waals surface area contributed by atoms with Crippen molar-refractivity contribution in [1.29, 1.82) is 0 Å². The maximum Gasteiger partial charge on any atom is 0.411 e. The first-order valence-corrected chi connectivity index (χ1v) is 5.78. The van der Waals surface area contributed by atoms with Gasteiger partial charge in [-0.2, -0.15) is 0 Å². The van der Waals surface area contributed by atoms with Crippen LogP contribution < -0.4 is 0 Å². The number of ether oxygens (including phenoxy) is 1. The van der Waals surface area contributed by atoms with Crippen molar-refractivity contribution < 1.29 is 18.7 Å². The number of furan rings is 1. The number of hydrogen-bond donors (Lipinski definition) is 0. The zero-order chi connectivity index (χ0) is 13.9. The fourth-order valence-electron chi connectivity index (χ4n) is 1.28. The number of hydrogen-bond acceptors (Lipinski definition) is 4.